The van der Waals surface area contributed by atoms with Gasteiger partial charge in [-0.25, -0.2) is 4.98 Å². The van der Waals surface area contributed by atoms with Crippen molar-refractivity contribution < 1.29 is 4.79 Å². The molecule has 0 aliphatic heterocycles. The van der Waals surface area contributed by atoms with Gasteiger partial charge in [0.2, 0.25) is 0 Å². The highest BCUT2D eigenvalue weighted by atomic mass is 79.9. The topological polar surface area (TPSA) is 46.9 Å². The lowest BCUT2D eigenvalue weighted by molar-refractivity contribution is 0.0910. The van der Waals surface area contributed by atoms with Crippen molar-refractivity contribution in [3.05, 3.63) is 18.2 Å². The van der Waals surface area contributed by atoms with Gasteiger partial charge in [-0.05, 0) is 6.42 Å². The Balaban J connectivity index is 2.76. The lowest BCUT2D eigenvalue weighted by Gasteiger charge is -2.29. The van der Waals surface area contributed by atoms with E-state index in [0.29, 0.717) is 16.4 Å². The fourth-order valence-electron chi connectivity index (χ4n) is 1.21. The van der Waals surface area contributed by atoms with Gasteiger partial charge in [-0.3, -0.25) is 4.79 Å². The quantitative estimate of drug-likeness (QED) is 0.825. The molecule has 1 heterocycles. The van der Waals surface area contributed by atoms with Gasteiger partial charge >= 0.3 is 0 Å². The molecule has 1 aromatic rings. The Kier molecular flexibility index (Phi) is 4.98. The summed E-state index contributed by atoms with van der Waals surface area (Å²) >= 11 is 6.86. The number of amides is 1. The van der Waals surface area contributed by atoms with E-state index >= 15 is 0 Å². The molecular formula is C10H15Br2N3O. The smallest absolute Gasteiger partial charge is 0.271 e. The third kappa shape index (κ3) is 3.07. The fraction of sp³-hybridized carbons (Fsp3) is 0.600. The van der Waals surface area contributed by atoms with Crippen LogP contribution < -0.4 is 5.32 Å². The van der Waals surface area contributed by atoms with E-state index in [0.717, 1.165) is 6.42 Å². The second-order valence-corrected chi connectivity index (χ2v) is 4.90. The van der Waals surface area contributed by atoms with Gasteiger partial charge in [0.15, 0.2) is 0 Å². The van der Waals surface area contributed by atoms with E-state index in [1.165, 1.54) is 0 Å². The molecule has 90 valence electrons. The van der Waals surface area contributed by atoms with E-state index in [-0.39, 0.29) is 11.4 Å². The number of aromatic nitrogens is 2. The van der Waals surface area contributed by atoms with Gasteiger partial charge in [-0.15, -0.1) is 0 Å². The Bertz CT molecular complexity index is 352. The number of carbonyl (C=O) groups is 1. The Hall–Kier alpha value is -0.360. The lowest BCUT2D eigenvalue weighted by atomic mass is 10.0. The summed E-state index contributed by atoms with van der Waals surface area (Å²) in [6, 6.07) is 0. The summed E-state index contributed by atoms with van der Waals surface area (Å²) < 4.78 is 1.75. The van der Waals surface area contributed by atoms with Crippen LogP contribution in [-0.4, -0.2) is 31.7 Å². The standard InChI is InChI=1S/C10H15Br2N3O/c1-3-10(5-11,6-12)14-9(16)8-4-15(2)7-13-8/h4,7H,3,5-6H2,1-2H3,(H,14,16). The zero-order valence-corrected chi connectivity index (χ0v) is 12.5. The molecule has 6 heteroatoms. The maximum absolute atomic E-state index is 11.9. The number of nitrogens with one attached hydrogen (secondary N) is 1. The van der Waals surface area contributed by atoms with E-state index in [4.69, 9.17) is 0 Å². The molecule has 0 aliphatic rings. The van der Waals surface area contributed by atoms with E-state index in [2.05, 4.69) is 42.2 Å². The largest absolute Gasteiger partial charge is 0.344 e. The molecule has 4 nitrogen and oxygen atoms in total. The van der Waals surface area contributed by atoms with Crippen LogP contribution in [0.5, 0.6) is 0 Å². The van der Waals surface area contributed by atoms with Crippen LogP contribution in [0.2, 0.25) is 0 Å². The maximum atomic E-state index is 11.9. The van der Waals surface area contributed by atoms with E-state index in [1.54, 1.807) is 17.1 Å². The van der Waals surface area contributed by atoms with Gasteiger partial charge in [0.05, 0.1) is 11.9 Å². The Morgan fingerprint density at radius 1 is 1.56 bits per heavy atom. The molecule has 1 rings (SSSR count). The van der Waals surface area contributed by atoms with Crippen LogP contribution >= 0.6 is 31.9 Å². The van der Waals surface area contributed by atoms with E-state index < -0.39 is 0 Å². The van der Waals surface area contributed by atoms with Crippen molar-refractivity contribution in [3.8, 4) is 0 Å². The number of aryl methyl sites for hydroxylation is 1. The second-order valence-electron chi connectivity index (χ2n) is 3.78. The first kappa shape index (κ1) is 13.7. The van der Waals surface area contributed by atoms with Gasteiger partial charge in [-0.2, -0.15) is 0 Å². The predicted molar refractivity (Wildman–Crippen MR) is 71.3 cm³/mol. The highest BCUT2D eigenvalue weighted by Gasteiger charge is 2.28. The minimum Gasteiger partial charge on any atom is -0.344 e. The Labute approximate surface area is 112 Å². The molecule has 1 N–H and O–H groups in total. The number of nitrogens with zero attached hydrogens (tertiary/aromatic N) is 2. The molecule has 1 aromatic heterocycles. The van der Waals surface area contributed by atoms with Gasteiger partial charge in [0, 0.05) is 23.9 Å². The van der Waals surface area contributed by atoms with E-state index in [1.807, 2.05) is 14.0 Å². The molecule has 0 spiro atoms. The first-order valence-corrected chi connectivity index (χ1v) is 7.23. The molecule has 0 fully saturated rings. The van der Waals surface area contributed by atoms with Crippen LogP contribution in [0.25, 0.3) is 0 Å². The van der Waals surface area contributed by atoms with Crippen LogP contribution in [0.3, 0.4) is 0 Å². The highest BCUT2D eigenvalue weighted by Crippen LogP contribution is 2.17. The van der Waals surface area contributed by atoms with Crippen molar-refractivity contribution in [1.82, 2.24) is 14.9 Å². The summed E-state index contributed by atoms with van der Waals surface area (Å²) in [4.78, 5) is 15.9. The third-order valence-corrected chi connectivity index (χ3v) is 4.65. The van der Waals surface area contributed by atoms with Crippen molar-refractivity contribution in [2.24, 2.45) is 7.05 Å². The molecule has 0 unspecified atom stereocenters. The minimum absolute atomic E-state index is 0.138. The molecule has 0 saturated heterocycles. The number of hydrogen-bond donors (Lipinski definition) is 1. The molecule has 16 heavy (non-hydrogen) atoms. The minimum atomic E-state index is -0.255. The van der Waals surface area contributed by atoms with Crippen LogP contribution in [0.4, 0.5) is 0 Å². The molecule has 0 atom stereocenters. The molecular weight excluding hydrogens is 338 g/mol. The molecule has 0 saturated carbocycles. The van der Waals surface area contributed by atoms with Gasteiger partial charge in [-0.1, -0.05) is 38.8 Å². The van der Waals surface area contributed by atoms with Crippen LogP contribution in [0.1, 0.15) is 23.8 Å². The van der Waals surface area contributed by atoms with E-state index in [9.17, 15) is 4.79 Å². The Morgan fingerprint density at radius 2 is 2.19 bits per heavy atom. The van der Waals surface area contributed by atoms with Crippen molar-refractivity contribution in [3.63, 3.8) is 0 Å². The molecule has 0 radical (unpaired) electrons. The van der Waals surface area contributed by atoms with Gasteiger partial charge in [0.1, 0.15) is 5.69 Å². The number of rotatable bonds is 5. The Morgan fingerprint density at radius 3 is 2.56 bits per heavy atom. The lowest BCUT2D eigenvalue weighted by Crippen LogP contribution is -2.51. The van der Waals surface area contributed by atoms with Crippen molar-refractivity contribution in [2.45, 2.75) is 18.9 Å². The average Bonchev–Trinajstić information content (AvgIpc) is 2.73. The van der Waals surface area contributed by atoms with Crippen molar-refractivity contribution >= 4 is 37.8 Å². The second kappa shape index (κ2) is 5.82. The zero-order chi connectivity index (χ0) is 12.2. The summed E-state index contributed by atoms with van der Waals surface area (Å²) in [5, 5.41) is 4.42. The number of carbonyl (C=O) groups excluding carboxylic acids is 1. The zero-order valence-electron chi connectivity index (χ0n) is 9.33. The SMILES string of the molecule is CCC(CBr)(CBr)NC(=O)c1cn(C)cn1. The predicted octanol–water partition coefficient (Wildman–Crippen LogP) is 2.09. The van der Waals surface area contributed by atoms with Crippen molar-refractivity contribution in [1.29, 1.82) is 0 Å². The summed E-state index contributed by atoms with van der Waals surface area (Å²) in [5.41, 5.74) is 0.191. The summed E-state index contributed by atoms with van der Waals surface area (Å²) in [7, 11) is 1.84. The fourth-order valence-corrected chi connectivity index (χ4v) is 3.22. The normalized spacial score (nSPS) is 11.5. The highest BCUT2D eigenvalue weighted by molar-refractivity contribution is 9.09. The number of hydrogen-bond acceptors (Lipinski definition) is 2. The average molecular weight is 353 g/mol. The molecule has 0 aliphatic carbocycles. The van der Waals surface area contributed by atoms with Crippen LogP contribution in [0, 0.1) is 0 Å². The van der Waals surface area contributed by atoms with Crippen LogP contribution in [0.15, 0.2) is 12.5 Å². The van der Waals surface area contributed by atoms with Gasteiger partial charge < -0.3 is 9.88 Å². The molecule has 0 aromatic carbocycles. The summed E-state index contributed by atoms with van der Waals surface area (Å²) in [6.07, 6.45) is 4.17. The molecule has 1 amide bonds. The number of alkyl halides is 2. The molecule has 0 bridgehead atoms. The summed E-state index contributed by atoms with van der Waals surface area (Å²) in [6.45, 7) is 2.04. The number of imidazole rings is 1. The van der Waals surface area contributed by atoms with Crippen LogP contribution in [-0.2, 0) is 7.05 Å². The summed E-state index contributed by atoms with van der Waals surface area (Å²) in [5.74, 6) is -0.138. The first-order chi connectivity index (χ1) is 7.56. The van der Waals surface area contributed by atoms with Gasteiger partial charge in [0.25, 0.3) is 5.91 Å². The maximum Gasteiger partial charge on any atom is 0.271 e. The first-order valence-electron chi connectivity index (χ1n) is 4.99. The number of halogens is 2. The monoisotopic (exact) mass is 351 g/mol. The third-order valence-electron chi connectivity index (χ3n) is 2.50. The van der Waals surface area contributed by atoms with Crippen molar-refractivity contribution in [2.75, 3.05) is 10.7 Å².